The van der Waals surface area contributed by atoms with Gasteiger partial charge in [0.2, 0.25) is 11.8 Å². The van der Waals surface area contributed by atoms with Gasteiger partial charge in [-0.25, -0.2) is 13.6 Å². The van der Waals surface area contributed by atoms with Crippen LogP contribution in [0.1, 0.15) is 80.6 Å². The first kappa shape index (κ1) is 49.1. The highest BCUT2D eigenvalue weighted by molar-refractivity contribution is 6.16. The fourth-order valence-electron chi connectivity index (χ4n) is 7.71. The monoisotopic (exact) mass is 899 g/mol. The molecule has 2 heterocycles. The fourth-order valence-corrected chi connectivity index (χ4v) is 7.71. The quantitative estimate of drug-likeness (QED) is 0.101. The predicted octanol–water partition coefficient (Wildman–Crippen LogP) is 4.81. The number of fused-ring (bicyclic) bond motifs is 1. The number of aromatic nitrogens is 1. The van der Waals surface area contributed by atoms with Crippen molar-refractivity contribution in [2.45, 2.75) is 77.5 Å². The minimum Gasteiger partial charge on any atom is -0.491 e. The molecule has 2 unspecified atom stereocenters. The van der Waals surface area contributed by atoms with Gasteiger partial charge in [-0.15, -0.1) is 0 Å². The summed E-state index contributed by atoms with van der Waals surface area (Å²) >= 11 is 0. The van der Waals surface area contributed by atoms with Crippen molar-refractivity contribution < 1.29 is 56.6 Å². The van der Waals surface area contributed by atoms with E-state index in [2.05, 4.69) is 10.6 Å². The molecular weight excluding hydrogens is 841 g/mol. The minimum atomic E-state index is -1.19. The third-order valence-corrected chi connectivity index (χ3v) is 11.3. The number of nitrogens with zero attached hydrogens (tertiary/aromatic N) is 5. The number of nitrogens with one attached hydrogen (secondary N) is 2. The van der Waals surface area contributed by atoms with Crippen molar-refractivity contribution in [1.82, 2.24) is 29.9 Å². The third kappa shape index (κ3) is 12.6. The minimum absolute atomic E-state index is 0.0192. The van der Waals surface area contributed by atoms with Crippen molar-refractivity contribution in [3.8, 4) is 5.75 Å². The Balaban J connectivity index is 1.17. The van der Waals surface area contributed by atoms with Gasteiger partial charge in [0.1, 0.15) is 35.7 Å². The van der Waals surface area contributed by atoms with E-state index in [0.717, 1.165) is 44.2 Å². The number of benzene rings is 2. The summed E-state index contributed by atoms with van der Waals surface area (Å²) in [5.41, 5.74) is -0.903. The topological polar surface area (TPSA) is 204 Å². The Hall–Kier alpha value is -5.89. The van der Waals surface area contributed by atoms with Gasteiger partial charge in [-0.1, -0.05) is 19.3 Å². The molecule has 64 heavy (non-hydrogen) atoms. The molecule has 350 valence electrons. The van der Waals surface area contributed by atoms with Crippen LogP contribution in [0, 0.1) is 27.7 Å². The highest BCUT2D eigenvalue weighted by Crippen LogP contribution is 2.31. The lowest BCUT2D eigenvalue weighted by atomic mass is 9.83. The molecule has 2 fully saturated rings. The summed E-state index contributed by atoms with van der Waals surface area (Å²) in [7, 11) is 2.95. The molecule has 20 heteroatoms. The Morgan fingerprint density at radius 2 is 1.48 bits per heavy atom. The normalized spacial score (nSPS) is 15.6. The fraction of sp³-hybridized carbons (Fsp3) is 0.568. The van der Waals surface area contributed by atoms with Crippen LogP contribution in [0.2, 0.25) is 0 Å². The second kappa shape index (κ2) is 22.1. The summed E-state index contributed by atoms with van der Waals surface area (Å²) in [4.78, 5) is 83.1. The first-order valence-electron chi connectivity index (χ1n) is 21.5. The predicted molar refractivity (Wildman–Crippen MR) is 230 cm³/mol. The van der Waals surface area contributed by atoms with Crippen LogP contribution in [0.25, 0.3) is 10.9 Å². The number of amides is 5. The van der Waals surface area contributed by atoms with Gasteiger partial charge in [-0.2, -0.15) is 0 Å². The molecule has 0 radical (unpaired) electrons. The van der Waals surface area contributed by atoms with Gasteiger partial charge in [0.15, 0.2) is 11.6 Å². The maximum Gasteiger partial charge on any atom is 0.410 e. The Morgan fingerprint density at radius 3 is 2.11 bits per heavy atom. The number of carbonyl (C=O) groups excluding carboxylic acids is 5. The molecule has 18 nitrogen and oxygen atoms in total. The first-order valence-corrected chi connectivity index (χ1v) is 21.5. The molecule has 0 spiro atoms. The van der Waals surface area contributed by atoms with Crippen LogP contribution >= 0.6 is 0 Å². The lowest BCUT2D eigenvalue weighted by Crippen LogP contribution is -2.60. The summed E-state index contributed by atoms with van der Waals surface area (Å²) in [5, 5.41) is 16.5. The van der Waals surface area contributed by atoms with Crippen molar-refractivity contribution in [2.24, 2.45) is 13.0 Å². The Bertz CT molecular complexity index is 2150. The maximum absolute atomic E-state index is 14.6. The van der Waals surface area contributed by atoms with E-state index in [-0.39, 0.29) is 105 Å². The van der Waals surface area contributed by atoms with Crippen molar-refractivity contribution in [3.63, 3.8) is 0 Å². The molecule has 3 aromatic rings. The van der Waals surface area contributed by atoms with Crippen LogP contribution in [0.15, 0.2) is 36.4 Å². The number of likely N-dealkylation sites (N-methyl/N-ethyl adjacent to an activating group) is 1. The molecular formula is C44H59F2N7O11. The van der Waals surface area contributed by atoms with Crippen molar-refractivity contribution in [1.29, 1.82) is 0 Å². The van der Waals surface area contributed by atoms with Gasteiger partial charge in [-0.05, 0) is 64.7 Å². The Kier molecular flexibility index (Phi) is 17.0. The molecule has 2 atom stereocenters. The highest BCUT2D eigenvalue weighted by Gasteiger charge is 2.39. The maximum atomic E-state index is 14.6. The Labute approximate surface area is 370 Å². The lowest BCUT2D eigenvalue weighted by molar-refractivity contribution is -0.384. The van der Waals surface area contributed by atoms with Crippen molar-refractivity contribution in [3.05, 3.63) is 69.4 Å². The summed E-state index contributed by atoms with van der Waals surface area (Å²) in [6.45, 7) is 8.08. The zero-order valence-corrected chi connectivity index (χ0v) is 37.3. The molecule has 1 saturated heterocycles. The van der Waals surface area contributed by atoms with Crippen molar-refractivity contribution >= 4 is 46.3 Å². The third-order valence-electron chi connectivity index (χ3n) is 11.3. The summed E-state index contributed by atoms with van der Waals surface area (Å²) in [6.07, 6.45) is 3.64. The van der Waals surface area contributed by atoms with Crippen LogP contribution in [0.5, 0.6) is 5.75 Å². The van der Waals surface area contributed by atoms with E-state index in [1.54, 1.807) is 32.6 Å². The molecule has 5 amide bonds. The number of aryl methyl sites for hydroxylation is 1. The molecule has 0 bridgehead atoms. The van der Waals surface area contributed by atoms with Gasteiger partial charge in [0, 0.05) is 70.4 Å². The number of rotatable bonds is 18. The number of halogens is 2. The number of carbonyl (C=O) groups is 5. The SMILES string of the molecule is CC(C(=O)NC(C(=O)N1CCN(C(=O)c2c(C(=O)NCCOCCOCCOc3ccc([N+](=O)[O-])cc3)c3cc(F)c(F)cc3n2C)CC1)C1CCCCC1)N(C)C(=O)OC(C)(C)C. The van der Waals surface area contributed by atoms with E-state index in [9.17, 15) is 42.9 Å². The van der Waals surface area contributed by atoms with Crippen LogP contribution in [-0.4, -0.2) is 144 Å². The zero-order valence-electron chi connectivity index (χ0n) is 37.3. The van der Waals surface area contributed by atoms with E-state index < -0.39 is 58.1 Å². The zero-order chi connectivity index (χ0) is 46.7. The largest absolute Gasteiger partial charge is 0.491 e. The van der Waals surface area contributed by atoms with E-state index >= 15 is 0 Å². The highest BCUT2D eigenvalue weighted by atomic mass is 19.2. The van der Waals surface area contributed by atoms with E-state index in [0.29, 0.717) is 5.75 Å². The molecule has 5 rings (SSSR count). The van der Waals surface area contributed by atoms with Crippen LogP contribution in [0.3, 0.4) is 0 Å². The number of ether oxygens (including phenoxy) is 4. The van der Waals surface area contributed by atoms with E-state index in [1.807, 2.05) is 0 Å². The van der Waals surface area contributed by atoms with Gasteiger partial charge < -0.3 is 43.9 Å². The van der Waals surface area contributed by atoms with Gasteiger partial charge in [-0.3, -0.25) is 34.2 Å². The first-order chi connectivity index (χ1) is 30.4. The standard InChI is InChI=1S/C44H59F2N7O11/c1-28(49(5)43(58)64-44(2,3)4)39(54)48-37(29-10-8-7-9-11-29)41(56)51-17-19-52(20-18-51)42(57)38-36(32-26-33(45)34(46)27-35(32)50(38)6)40(55)47-16-21-61-22-23-62-24-25-63-31-14-12-30(13-15-31)53(59)60/h12-15,26-29,37H,7-11,16-25H2,1-6H3,(H,47,55)(H,48,54). The lowest BCUT2D eigenvalue weighted by Gasteiger charge is -2.39. The Morgan fingerprint density at radius 1 is 0.891 bits per heavy atom. The second-order valence-corrected chi connectivity index (χ2v) is 16.9. The molecule has 1 aliphatic heterocycles. The summed E-state index contributed by atoms with van der Waals surface area (Å²) < 4.78 is 52.5. The number of hydrogen-bond acceptors (Lipinski definition) is 11. The van der Waals surface area contributed by atoms with Gasteiger partial charge >= 0.3 is 6.09 Å². The average Bonchev–Trinajstić information content (AvgIpc) is 3.54. The number of hydrogen-bond donors (Lipinski definition) is 2. The molecule has 1 aromatic heterocycles. The summed E-state index contributed by atoms with van der Waals surface area (Å²) in [5.74, 6) is -4.06. The van der Waals surface area contributed by atoms with E-state index in [4.69, 9.17) is 18.9 Å². The van der Waals surface area contributed by atoms with Crippen LogP contribution in [0.4, 0.5) is 19.3 Å². The number of non-ortho nitro benzene ring substituents is 1. The molecule has 2 N–H and O–H groups in total. The summed E-state index contributed by atoms with van der Waals surface area (Å²) in [6, 6.07) is 5.70. The van der Waals surface area contributed by atoms with E-state index in [1.165, 1.54) is 52.7 Å². The molecule has 2 aliphatic rings. The van der Waals surface area contributed by atoms with Gasteiger partial charge in [0.05, 0.1) is 42.4 Å². The van der Waals surface area contributed by atoms with Gasteiger partial charge in [0.25, 0.3) is 17.5 Å². The number of nitro groups is 1. The molecule has 2 aromatic carbocycles. The van der Waals surface area contributed by atoms with Crippen LogP contribution in [-0.2, 0) is 30.8 Å². The average molecular weight is 900 g/mol. The van der Waals surface area contributed by atoms with Crippen LogP contribution < -0.4 is 15.4 Å². The van der Waals surface area contributed by atoms with Crippen molar-refractivity contribution in [2.75, 3.05) is 72.8 Å². The molecule has 1 aliphatic carbocycles. The number of nitro benzene ring substituents is 1. The smallest absolute Gasteiger partial charge is 0.410 e. The number of piperazine rings is 1. The second-order valence-electron chi connectivity index (χ2n) is 16.9. The molecule has 1 saturated carbocycles.